The number of rotatable bonds is 5. The normalized spacial score (nSPS) is 12.8. The van der Waals surface area contributed by atoms with Gasteiger partial charge in [-0.1, -0.05) is 6.07 Å². The molecule has 0 aromatic heterocycles. The van der Waals surface area contributed by atoms with Crippen molar-refractivity contribution < 1.29 is 27.5 Å². The van der Waals surface area contributed by atoms with Crippen molar-refractivity contribution in [3.63, 3.8) is 0 Å². The Balaban J connectivity index is 2.92. The Morgan fingerprint density at radius 2 is 1.77 bits per heavy atom. The Kier molecular flexibility index (Phi) is 6.87. The van der Waals surface area contributed by atoms with Crippen molar-refractivity contribution in [2.45, 2.75) is 44.2 Å². The van der Waals surface area contributed by atoms with Gasteiger partial charge in [-0.15, -0.1) is 0 Å². The van der Waals surface area contributed by atoms with Crippen LogP contribution in [0.25, 0.3) is 0 Å². The summed E-state index contributed by atoms with van der Waals surface area (Å²) in [6, 6.07) is 4.51. The molecule has 1 aromatic rings. The van der Waals surface area contributed by atoms with E-state index in [-0.39, 0.29) is 10.5 Å². The summed E-state index contributed by atoms with van der Waals surface area (Å²) in [6.45, 7) is 6.36. The van der Waals surface area contributed by atoms with Crippen molar-refractivity contribution in [1.82, 2.24) is 15.4 Å². The first-order valence-electron chi connectivity index (χ1n) is 7.73. The number of carbonyl (C=O) groups is 3. The number of nitrogens with one attached hydrogen (secondary N) is 3. The van der Waals surface area contributed by atoms with Crippen molar-refractivity contribution in [3.8, 4) is 0 Å². The number of hydrogen-bond acceptors (Lipinski definition) is 6. The van der Waals surface area contributed by atoms with Gasteiger partial charge in [0.25, 0.3) is 5.91 Å². The summed E-state index contributed by atoms with van der Waals surface area (Å²) in [5, 5.41) is 4.17. The second kappa shape index (κ2) is 8.28. The molecular formula is C16H23N3O6S. The average Bonchev–Trinajstić information content (AvgIpc) is 2.52. The minimum Gasteiger partial charge on any atom is -0.449 e. The van der Waals surface area contributed by atoms with Crippen LogP contribution in [0.5, 0.6) is 0 Å². The fraction of sp³-hybridized carbons (Fsp3) is 0.438. The van der Waals surface area contributed by atoms with Crippen molar-refractivity contribution in [2.75, 3.05) is 7.05 Å². The summed E-state index contributed by atoms with van der Waals surface area (Å²) in [5.41, 5.74) is -0.733. The third-order valence-electron chi connectivity index (χ3n) is 2.94. The predicted molar refractivity (Wildman–Crippen MR) is 94.0 cm³/mol. The predicted octanol–water partition coefficient (Wildman–Crippen LogP) is 0.764. The first kappa shape index (κ1) is 21.6. The van der Waals surface area contributed by atoms with Gasteiger partial charge in [0.05, 0.1) is 10.5 Å². The molecule has 0 heterocycles. The summed E-state index contributed by atoms with van der Waals surface area (Å²) in [5.74, 6) is -1.70. The molecule has 0 saturated carbocycles. The quantitative estimate of drug-likeness (QED) is 0.642. The van der Waals surface area contributed by atoms with E-state index in [1.807, 2.05) is 5.32 Å². The molecule has 0 aliphatic carbocycles. The zero-order valence-corrected chi connectivity index (χ0v) is 16.1. The van der Waals surface area contributed by atoms with Gasteiger partial charge in [-0.3, -0.25) is 10.1 Å². The molecule has 1 aromatic carbocycles. The number of urea groups is 1. The van der Waals surface area contributed by atoms with E-state index < -0.39 is 39.6 Å². The standard InChI is InChI=1S/C16H23N3O6S/c1-10(13(20)18-15(22)17-5)25-14(21)11-7-6-8-12(9-11)26(23,24)19-16(2,3)4/h6-10,19H,1-5H3,(H2,17,18,20,22)/t10-/m1/s1. The summed E-state index contributed by atoms with van der Waals surface area (Å²) in [6.07, 6.45) is -1.24. The maximum Gasteiger partial charge on any atom is 0.338 e. The summed E-state index contributed by atoms with van der Waals surface area (Å²) in [7, 11) is -2.50. The zero-order valence-electron chi connectivity index (χ0n) is 15.2. The Morgan fingerprint density at radius 3 is 2.31 bits per heavy atom. The van der Waals surface area contributed by atoms with Crippen molar-refractivity contribution in [2.24, 2.45) is 0 Å². The molecule has 9 nitrogen and oxygen atoms in total. The van der Waals surface area contributed by atoms with Gasteiger partial charge < -0.3 is 10.1 Å². The van der Waals surface area contributed by atoms with Crippen LogP contribution in [0.1, 0.15) is 38.1 Å². The van der Waals surface area contributed by atoms with Gasteiger partial charge >= 0.3 is 12.0 Å². The highest BCUT2D eigenvalue weighted by molar-refractivity contribution is 7.89. The maximum atomic E-state index is 12.3. The molecule has 0 radical (unpaired) electrons. The van der Waals surface area contributed by atoms with Crippen molar-refractivity contribution >= 4 is 27.9 Å². The topological polar surface area (TPSA) is 131 Å². The van der Waals surface area contributed by atoms with Crippen LogP contribution in [-0.2, 0) is 19.6 Å². The lowest BCUT2D eigenvalue weighted by Gasteiger charge is -2.20. The largest absolute Gasteiger partial charge is 0.449 e. The molecule has 144 valence electrons. The third-order valence-corrected chi connectivity index (χ3v) is 4.69. The van der Waals surface area contributed by atoms with Crippen molar-refractivity contribution in [1.29, 1.82) is 0 Å². The van der Waals surface area contributed by atoms with Crippen LogP contribution >= 0.6 is 0 Å². The lowest BCUT2D eigenvalue weighted by Crippen LogP contribution is -2.43. The second-order valence-corrected chi connectivity index (χ2v) is 8.18. The average molecular weight is 385 g/mol. The van der Waals surface area contributed by atoms with E-state index in [0.717, 1.165) is 6.07 Å². The summed E-state index contributed by atoms with van der Waals surface area (Å²) >= 11 is 0. The number of sulfonamides is 1. The number of hydrogen-bond donors (Lipinski definition) is 3. The molecule has 0 fully saturated rings. The van der Waals surface area contributed by atoms with E-state index in [2.05, 4.69) is 10.0 Å². The van der Waals surface area contributed by atoms with Crippen LogP contribution in [0.15, 0.2) is 29.2 Å². The highest BCUT2D eigenvalue weighted by Gasteiger charge is 2.24. The molecule has 1 atom stereocenters. The first-order chi connectivity index (χ1) is 11.9. The highest BCUT2D eigenvalue weighted by Crippen LogP contribution is 2.15. The van der Waals surface area contributed by atoms with E-state index in [9.17, 15) is 22.8 Å². The molecule has 26 heavy (non-hydrogen) atoms. The van der Waals surface area contributed by atoms with Gasteiger partial charge in [0.1, 0.15) is 0 Å². The van der Waals surface area contributed by atoms with Gasteiger partial charge in [0.2, 0.25) is 10.0 Å². The fourth-order valence-corrected chi connectivity index (χ4v) is 3.27. The van der Waals surface area contributed by atoms with Gasteiger partial charge in [0.15, 0.2) is 6.10 Å². The molecule has 0 bridgehead atoms. The molecule has 0 spiro atoms. The number of esters is 1. The Hall–Kier alpha value is -2.46. The molecule has 10 heteroatoms. The molecule has 0 unspecified atom stereocenters. The van der Waals surface area contributed by atoms with Crippen molar-refractivity contribution in [3.05, 3.63) is 29.8 Å². The molecule has 0 aliphatic heterocycles. The summed E-state index contributed by atoms with van der Waals surface area (Å²) in [4.78, 5) is 34.9. The molecular weight excluding hydrogens is 362 g/mol. The molecule has 3 N–H and O–H groups in total. The number of ether oxygens (including phenoxy) is 1. The van der Waals surface area contributed by atoms with Crippen LogP contribution < -0.4 is 15.4 Å². The van der Waals surface area contributed by atoms with Gasteiger partial charge in [-0.2, -0.15) is 0 Å². The van der Waals surface area contributed by atoms with E-state index in [1.165, 1.54) is 32.2 Å². The summed E-state index contributed by atoms with van der Waals surface area (Å²) < 4.78 is 32.1. The molecule has 0 aliphatic rings. The number of amides is 3. The van der Waals surface area contributed by atoms with E-state index in [1.54, 1.807) is 20.8 Å². The van der Waals surface area contributed by atoms with Gasteiger partial charge in [-0.25, -0.2) is 22.7 Å². The monoisotopic (exact) mass is 385 g/mol. The number of carbonyl (C=O) groups excluding carboxylic acids is 3. The number of benzene rings is 1. The second-order valence-electron chi connectivity index (χ2n) is 6.50. The lowest BCUT2D eigenvalue weighted by molar-refractivity contribution is -0.127. The van der Waals surface area contributed by atoms with E-state index in [4.69, 9.17) is 4.74 Å². The van der Waals surface area contributed by atoms with Gasteiger partial charge in [-0.05, 0) is 45.9 Å². The Labute approximate surface area is 152 Å². The van der Waals surface area contributed by atoms with Crippen LogP contribution in [-0.4, -0.2) is 45.0 Å². The van der Waals surface area contributed by atoms with E-state index >= 15 is 0 Å². The van der Waals surface area contributed by atoms with Crippen LogP contribution in [0, 0.1) is 0 Å². The SMILES string of the molecule is CNC(=O)NC(=O)[C@@H](C)OC(=O)c1cccc(S(=O)(=O)NC(C)(C)C)c1. The Morgan fingerprint density at radius 1 is 1.15 bits per heavy atom. The van der Waals surface area contributed by atoms with Crippen LogP contribution in [0.3, 0.4) is 0 Å². The minimum absolute atomic E-state index is 0.0404. The maximum absolute atomic E-state index is 12.3. The smallest absolute Gasteiger partial charge is 0.338 e. The highest BCUT2D eigenvalue weighted by atomic mass is 32.2. The zero-order chi connectivity index (χ0) is 20.1. The molecule has 0 saturated heterocycles. The fourth-order valence-electron chi connectivity index (χ4n) is 1.81. The molecule has 3 amide bonds. The third kappa shape index (κ3) is 6.45. The molecule has 1 rings (SSSR count). The number of imide groups is 1. The van der Waals surface area contributed by atoms with Crippen LogP contribution in [0.4, 0.5) is 4.79 Å². The lowest BCUT2D eigenvalue weighted by atomic mass is 10.1. The van der Waals surface area contributed by atoms with Crippen LogP contribution in [0.2, 0.25) is 0 Å². The minimum atomic E-state index is -3.83. The van der Waals surface area contributed by atoms with E-state index in [0.29, 0.717) is 0 Å². The van der Waals surface area contributed by atoms with Gasteiger partial charge in [0, 0.05) is 12.6 Å². The Bertz CT molecular complexity index is 798. The first-order valence-corrected chi connectivity index (χ1v) is 9.21.